The van der Waals surface area contributed by atoms with Crippen molar-refractivity contribution in [2.75, 3.05) is 0 Å². The van der Waals surface area contributed by atoms with E-state index in [1.54, 1.807) is 0 Å². The Kier molecular flexibility index (Phi) is 4.02. The third-order valence-corrected chi connectivity index (χ3v) is 3.16. The second-order valence-electron chi connectivity index (χ2n) is 4.55. The van der Waals surface area contributed by atoms with Crippen LogP contribution in [0, 0.1) is 0 Å². The first-order valence-electron chi connectivity index (χ1n) is 6.27. The summed E-state index contributed by atoms with van der Waals surface area (Å²) in [6.07, 6.45) is 3.78. The second-order valence-corrected chi connectivity index (χ2v) is 4.55. The van der Waals surface area contributed by atoms with Crippen molar-refractivity contribution >= 4 is 7.05 Å². The number of hydrogen-bond acceptors (Lipinski definition) is 2. The maximum Gasteiger partial charge on any atom is 0.380 e. The van der Waals surface area contributed by atoms with Crippen LogP contribution in [0.5, 0.6) is 0 Å². The van der Waals surface area contributed by atoms with Gasteiger partial charge in [-0.05, 0) is 18.8 Å². The number of unbranched alkanes of at least 4 members (excludes halogenated alkanes) is 1. The van der Waals surface area contributed by atoms with Crippen molar-refractivity contribution < 1.29 is 4.65 Å². The summed E-state index contributed by atoms with van der Waals surface area (Å²) in [6.45, 7) is 4.41. The Balaban J connectivity index is 1.97. The lowest BCUT2D eigenvalue weighted by Crippen LogP contribution is -2.32. The van der Waals surface area contributed by atoms with Crippen LogP contribution in [0.25, 0.3) is 0 Å². The van der Waals surface area contributed by atoms with Gasteiger partial charge in [-0.1, -0.05) is 50.1 Å². The van der Waals surface area contributed by atoms with Crippen LogP contribution in [0.3, 0.4) is 0 Å². The van der Waals surface area contributed by atoms with E-state index in [1.807, 2.05) is 6.07 Å². The summed E-state index contributed by atoms with van der Waals surface area (Å²) in [5, 5.41) is 3.51. The van der Waals surface area contributed by atoms with Gasteiger partial charge in [0.15, 0.2) is 0 Å². The Labute approximate surface area is 98.5 Å². The fraction of sp³-hybridized carbons (Fsp3) is 0.538. The van der Waals surface area contributed by atoms with Gasteiger partial charge >= 0.3 is 7.05 Å². The minimum Gasteiger partial charge on any atom is -0.413 e. The molecule has 2 atom stereocenters. The van der Waals surface area contributed by atoms with Gasteiger partial charge in [0, 0.05) is 6.04 Å². The van der Waals surface area contributed by atoms with Crippen molar-refractivity contribution in [3.8, 4) is 0 Å². The standard InChI is InChI=1S/C13H20BNO/c1-3-4-10-14-15-11(2)13(16-14)12-8-6-5-7-9-12/h5-9,11,13,15H,3-4,10H2,1-2H3/t11-,13+/m0/s1. The van der Waals surface area contributed by atoms with Gasteiger partial charge < -0.3 is 9.88 Å². The molecule has 0 amide bonds. The summed E-state index contributed by atoms with van der Waals surface area (Å²) in [7, 11) is 0.236. The van der Waals surface area contributed by atoms with Crippen molar-refractivity contribution in [3.05, 3.63) is 35.9 Å². The minimum atomic E-state index is 0.211. The molecule has 1 N–H and O–H groups in total. The number of nitrogens with one attached hydrogen (secondary N) is 1. The number of rotatable bonds is 4. The van der Waals surface area contributed by atoms with Gasteiger partial charge in [-0.25, -0.2) is 0 Å². The largest absolute Gasteiger partial charge is 0.413 e. The third kappa shape index (κ3) is 2.66. The van der Waals surface area contributed by atoms with E-state index in [4.69, 9.17) is 4.65 Å². The zero-order valence-corrected chi connectivity index (χ0v) is 10.1. The van der Waals surface area contributed by atoms with Crippen LogP contribution < -0.4 is 5.23 Å². The third-order valence-electron chi connectivity index (χ3n) is 3.16. The molecule has 0 saturated carbocycles. The van der Waals surface area contributed by atoms with Gasteiger partial charge in [-0.2, -0.15) is 0 Å². The Bertz CT molecular complexity index is 317. The summed E-state index contributed by atoms with van der Waals surface area (Å²) in [5.74, 6) is 0. The lowest BCUT2D eigenvalue weighted by Gasteiger charge is -2.15. The van der Waals surface area contributed by atoms with Gasteiger partial charge in [0.2, 0.25) is 0 Å². The maximum absolute atomic E-state index is 6.05. The predicted octanol–water partition coefficient (Wildman–Crippen LogP) is 3.02. The molecule has 0 aliphatic carbocycles. The molecule has 16 heavy (non-hydrogen) atoms. The first-order chi connectivity index (χ1) is 7.81. The summed E-state index contributed by atoms with van der Waals surface area (Å²) >= 11 is 0. The molecule has 0 spiro atoms. The van der Waals surface area contributed by atoms with Crippen LogP contribution in [0.2, 0.25) is 6.32 Å². The summed E-state index contributed by atoms with van der Waals surface area (Å²) in [4.78, 5) is 0. The molecule has 2 nitrogen and oxygen atoms in total. The van der Waals surface area contributed by atoms with Gasteiger partial charge in [0.1, 0.15) is 0 Å². The smallest absolute Gasteiger partial charge is 0.380 e. The van der Waals surface area contributed by atoms with Crippen LogP contribution in [0.4, 0.5) is 0 Å². The molecule has 1 fully saturated rings. The molecule has 1 aliphatic rings. The molecule has 86 valence electrons. The molecular formula is C13H20BNO. The van der Waals surface area contributed by atoms with Crippen LogP contribution in [-0.2, 0) is 4.65 Å². The molecule has 2 rings (SSSR count). The maximum atomic E-state index is 6.05. The minimum absolute atomic E-state index is 0.211. The molecular weight excluding hydrogens is 197 g/mol. The average Bonchev–Trinajstić information content (AvgIpc) is 2.69. The molecule has 0 radical (unpaired) electrons. The molecule has 1 aliphatic heterocycles. The first-order valence-corrected chi connectivity index (χ1v) is 6.27. The zero-order valence-electron chi connectivity index (χ0n) is 10.1. The number of benzene rings is 1. The van der Waals surface area contributed by atoms with Crippen LogP contribution in [-0.4, -0.2) is 13.1 Å². The Morgan fingerprint density at radius 2 is 2.06 bits per heavy atom. The number of hydrogen-bond donors (Lipinski definition) is 1. The molecule has 1 saturated heterocycles. The SMILES string of the molecule is CCCCB1N[C@@H](C)[C@H](c2ccccc2)O1. The van der Waals surface area contributed by atoms with Crippen LogP contribution in [0.1, 0.15) is 38.4 Å². The van der Waals surface area contributed by atoms with E-state index in [-0.39, 0.29) is 13.2 Å². The molecule has 1 heterocycles. The van der Waals surface area contributed by atoms with Gasteiger partial charge in [-0.15, -0.1) is 0 Å². The first kappa shape index (κ1) is 11.7. The summed E-state index contributed by atoms with van der Waals surface area (Å²) in [6, 6.07) is 10.9. The van der Waals surface area contributed by atoms with Gasteiger partial charge in [0.05, 0.1) is 6.10 Å². The molecule has 3 heteroatoms. The van der Waals surface area contributed by atoms with E-state index >= 15 is 0 Å². The molecule has 1 aromatic carbocycles. The normalized spacial score (nSPS) is 25.0. The van der Waals surface area contributed by atoms with Crippen LogP contribution in [0.15, 0.2) is 30.3 Å². The van der Waals surface area contributed by atoms with Crippen molar-refractivity contribution in [3.63, 3.8) is 0 Å². The molecule has 1 aromatic rings. The highest BCUT2D eigenvalue weighted by Crippen LogP contribution is 2.27. The highest BCUT2D eigenvalue weighted by atomic mass is 16.5. The van der Waals surface area contributed by atoms with E-state index in [9.17, 15) is 0 Å². The van der Waals surface area contributed by atoms with Crippen molar-refractivity contribution in [2.45, 2.75) is 45.2 Å². The van der Waals surface area contributed by atoms with Crippen molar-refractivity contribution in [2.24, 2.45) is 0 Å². The highest BCUT2D eigenvalue weighted by Gasteiger charge is 2.34. The lowest BCUT2D eigenvalue weighted by molar-refractivity contribution is 0.219. The summed E-state index contributed by atoms with van der Waals surface area (Å²) < 4.78 is 6.05. The molecule has 0 bridgehead atoms. The monoisotopic (exact) mass is 217 g/mol. The van der Waals surface area contributed by atoms with E-state index in [2.05, 4.69) is 43.3 Å². The summed E-state index contributed by atoms with van der Waals surface area (Å²) in [5.41, 5.74) is 1.28. The lowest BCUT2D eigenvalue weighted by atomic mass is 9.77. The van der Waals surface area contributed by atoms with E-state index < -0.39 is 0 Å². The van der Waals surface area contributed by atoms with Crippen LogP contribution >= 0.6 is 0 Å². The van der Waals surface area contributed by atoms with Crippen molar-refractivity contribution in [1.82, 2.24) is 5.23 Å². The second kappa shape index (κ2) is 5.51. The fourth-order valence-corrected chi connectivity index (χ4v) is 2.27. The molecule has 0 unspecified atom stereocenters. The average molecular weight is 217 g/mol. The Hall–Kier alpha value is -0.795. The topological polar surface area (TPSA) is 21.3 Å². The van der Waals surface area contributed by atoms with Crippen molar-refractivity contribution in [1.29, 1.82) is 0 Å². The predicted molar refractivity (Wildman–Crippen MR) is 68.3 cm³/mol. The molecule has 0 aromatic heterocycles. The quantitative estimate of drug-likeness (QED) is 0.782. The van der Waals surface area contributed by atoms with E-state index in [1.165, 1.54) is 18.4 Å². The Morgan fingerprint density at radius 1 is 1.31 bits per heavy atom. The van der Waals surface area contributed by atoms with Gasteiger partial charge in [0.25, 0.3) is 0 Å². The highest BCUT2D eigenvalue weighted by molar-refractivity contribution is 6.49. The zero-order chi connectivity index (χ0) is 11.4. The van der Waals surface area contributed by atoms with Gasteiger partial charge in [-0.3, -0.25) is 0 Å². The van der Waals surface area contributed by atoms with E-state index in [0.29, 0.717) is 6.04 Å². The fourth-order valence-electron chi connectivity index (χ4n) is 2.27. The Morgan fingerprint density at radius 3 is 2.75 bits per heavy atom. The van der Waals surface area contributed by atoms with E-state index in [0.717, 1.165) is 6.32 Å².